The summed E-state index contributed by atoms with van der Waals surface area (Å²) < 4.78 is 5.45. The Kier molecular flexibility index (Phi) is 3.36. The molecule has 3 rings (SSSR count). The molecule has 1 amide bonds. The standard InChI is InChI=1S/C15H18N2O3/c1-2-20-12-4-3-10-7-14(16-13(10)8-12)15(19)17-6-5-11(18)9-17/h3-4,7-8,11,16,18H,2,5-6,9H2,1H3/t11-/m1/s1. The second-order valence-corrected chi connectivity index (χ2v) is 5.06. The number of ether oxygens (including phenoxy) is 1. The smallest absolute Gasteiger partial charge is 0.270 e. The predicted octanol–water partition coefficient (Wildman–Crippen LogP) is 1.77. The number of β-amino-alcohol motifs (C(OH)–C–C–N with tert-alkyl or cyclic N) is 1. The first kappa shape index (κ1) is 13.0. The zero-order valence-electron chi connectivity index (χ0n) is 11.4. The summed E-state index contributed by atoms with van der Waals surface area (Å²) in [7, 11) is 0. The van der Waals surface area contributed by atoms with Crippen molar-refractivity contribution in [3.63, 3.8) is 0 Å². The molecule has 0 aliphatic carbocycles. The fourth-order valence-electron chi connectivity index (χ4n) is 2.57. The van der Waals surface area contributed by atoms with Crippen LogP contribution in [0.3, 0.4) is 0 Å². The number of amides is 1. The van der Waals surface area contributed by atoms with Gasteiger partial charge in [0.05, 0.1) is 12.7 Å². The first-order valence-corrected chi connectivity index (χ1v) is 6.90. The second kappa shape index (κ2) is 5.17. The second-order valence-electron chi connectivity index (χ2n) is 5.06. The van der Waals surface area contributed by atoms with Crippen LogP contribution in [-0.4, -0.2) is 46.7 Å². The molecular weight excluding hydrogens is 256 g/mol. The van der Waals surface area contributed by atoms with E-state index in [1.54, 1.807) is 4.90 Å². The lowest BCUT2D eigenvalue weighted by Gasteiger charge is -2.13. The molecule has 1 atom stereocenters. The molecule has 0 unspecified atom stereocenters. The van der Waals surface area contributed by atoms with Gasteiger partial charge < -0.3 is 19.7 Å². The van der Waals surface area contributed by atoms with Crippen LogP contribution in [0.1, 0.15) is 23.8 Å². The zero-order valence-corrected chi connectivity index (χ0v) is 11.4. The number of aromatic amines is 1. The number of nitrogens with zero attached hydrogens (tertiary/aromatic N) is 1. The van der Waals surface area contributed by atoms with Crippen LogP contribution in [0.2, 0.25) is 0 Å². The van der Waals surface area contributed by atoms with Gasteiger partial charge in [0.2, 0.25) is 0 Å². The maximum absolute atomic E-state index is 12.3. The molecule has 0 bridgehead atoms. The van der Waals surface area contributed by atoms with Crippen LogP contribution in [0.4, 0.5) is 0 Å². The summed E-state index contributed by atoms with van der Waals surface area (Å²) in [6.45, 7) is 3.58. The van der Waals surface area contributed by atoms with E-state index in [0.29, 0.717) is 31.8 Å². The van der Waals surface area contributed by atoms with Crippen molar-refractivity contribution in [1.29, 1.82) is 0 Å². The molecule has 1 aromatic heterocycles. The molecule has 1 aromatic carbocycles. The Bertz CT molecular complexity index is 635. The van der Waals surface area contributed by atoms with Crippen molar-refractivity contribution in [2.45, 2.75) is 19.4 Å². The third-order valence-electron chi connectivity index (χ3n) is 3.59. The van der Waals surface area contributed by atoms with Crippen LogP contribution < -0.4 is 4.74 Å². The Morgan fingerprint density at radius 3 is 3.05 bits per heavy atom. The molecule has 0 radical (unpaired) electrons. The molecule has 5 heteroatoms. The molecule has 1 aliphatic rings. The highest BCUT2D eigenvalue weighted by Gasteiger charge is 2.26. The van der Waals surface area contributed by atoms with Crippen molar-refractivity contribution < 1.29 is 14.6 Å². The molecule has 106 valence electrons. The van der Waals surface area contributed by atoms with E-state index in [-0.39, 0.29) is 5.91 Å². The van der Waals surface area contributed by atoms with Gasteiger partial charge in [0.15, 0.2) is 0 Å². The molecule has 20 heavy (non-hydrogen) atoms. The monoisotopic (exact) mass is 274 g/mol. The van der Waals surface area contributed by atoms with Gasteiger partial charge in [-0.3, -0.25) is 4.79 Å². The summed E-state index contributed by atoms with van der Waals surface area (Å²) in [6.07, 6.45) is 0.258. The number of H-pyrrole nitrogens is 1. The molecule has 2 N–H and O–H groups in total. The quantitative estimate of drug-likeness (QED) is 0.896. The topological polar surface area (TPSA) is 65.6 Å². The van der Waals surface area contributed by atoms with Crippen molar-refractivity contribution in [2.24, 2.45) is 0 Å². The van der Waals surface area contributed by atoms with Gasteiger partial charge in [-0.2, -0.15) is 0 Å². The van der Waals surface area contributed by atoms with Crippen molar-refractivity contribution in [2.75, 3.05) is 19.7 Å². The van der Waals surface area contributed by atoms with E-state index < -0.39 is 6.10 Å². The largest absolute Gasteiger partial charge is 0.494 e. The van der Waals surface area contributed by atoms with E-state index in [4.69, 9.17) is 4.74 Å². The number of benzene rings is 1. The molecule has 2 aromatic rings. The van der Waals surface area contributed by atoms with Gasteiger partial charge in [-0.05, 0) is 31.5 Å². The van der Waals surface area contributed by atoms with Gasteiger partial charge in [0.25, 0.3) is 5.91 Å². The third-order valence-corrected chi connectivity index (χ3v) is 3.59. The summed E-state index contributed by atoms with van der Waals surface area (Å²) in [4.78, 5) is 17.1. The summed E-state index contributed by atoms with van der Waals surface area (Å²) in [5.74, 6) is 0.730. The van der Waals surface area contributed by atoms with Gasteiger partial charge in [-0.1, -0.05) is 0 Å². The number of fused-ring (bicyclic) bond motifs is 1. The van der Waals surface area contributed by atoms with Crippen molar-refractivity contribution in [3.05, 3.63) is 30.0 Å². The average Bonchev–Trinajstić information content (AvgIpc) is 3.04. The van der Waals surface area contributed by atoms with Crippen LogP contribution in [0.15, 0.2) is 24.3 Å². The Morgan fingerprint density at radius 1 is 1.50 bits per heavy atom. The van der Waals surface area contributed by atoms with Gasteiger partial charge in [0, 0.05) is 30.1 Å². The number of carbonyl (C=O) groups is 1. The van der Waals surface area contributed by atoms with Gasteiger partial charge in [0.1, 0.15) is 11.4 Å². The van der Waals surface area contributed by atoms with Gasteiger partial charge >= 0.3 is 0 Å². The number of hydrogen-bond acceptors (Lipinski definition) is 3. The maximum Gasteiger partial charge on any atom is 0.270 e. The average molecular weight is 274 g/mol. The summed E-state index contributed by atoms with van der Waals surface area (Å²) in [6, 6.07) is 7.58. The van der Waals surface area contributed by atoms with Crippen molar-refractivity contribution in [3.8, 4) is 5.75 Å². The number of nitrogens with one attached hydrogen (secondary N) is 1. The van der Waals surface area contributed by atoms with Crippen LogP contribution in [0, 0.1) is 0 Å². The number of aromatic nitrogens is 1. The first-order valence-electron chi connectivity index (χ1n) is 6.90. The number of aliphatic hydroxyl groups is 1. The molecule has 1 saturated heterocycles. The van der Waals surface area contributed by atoms with E-state index in [1.165, 1.54) is 0 Å². The summed E-state index contributed by atoms with van der Waals surface area (Å²) in [5.41, 5.74) is 1.45. The highest BCUT2D eigenvalue weighted by atomic mass is 16.5. The minimum Gasteiger partial charge on any atom is -0.494 e. The molecule has 5 nitrogen and oxygen atoms in total. The van der Waals surface area contributed by atoms with Crippen molar-refractivity contribution >= 4 is 16.8 Å². The highest BCUT2D eigenvalue weighted by molar-refractivity contribution is 5.98. The van der Waals surface area contributed by atoms with Crippen LogP contribution in [-0.2, 0) is 0 Å². The number of likely N-dealkylation sites (tertiary alicyclic amines) is 1. The maximum atomic E-state index is 12.3. The third kappa shape index (κ3) is 2.36. The van der Waals surface area contributed by atoms with E-state index in [0.717, 1.165) is 16.7 Å². The predicted molar refractivity (Wildman–Crippen MR) is 76.0 cm³/mol. The molecule has 0 spiro atoms. The molecule has 1 aliphatic heterocycles. The molecular formula is C15H18N2O3. The number of aliphatic hydroxyl groups excluding tert-OH is 1. The van der Waals surface area contributed by atoms with Crippen LogP contribution in [0.25, 0.3) is 10.9 Å². The lowest BCUT2D eigenvalue weighted by atomic mass is 10.2. The lowest BCUT2D eigenvalue weighted by molar-refractivity contribution is 0.0760. The fourth-order valence-corrected chi connectivity index (χ4v) is 2.57. The van der Waals surface area contributed by atoms with E-state index >= 15 is 0 Å². The molecule has 1 fully saturated rings. The van der Waals surface area contributed by atoms with E-state index in [2.05, 4.69) is 4.98 Å². The van der Waals surface area contributed by atoms with Crippen molar-refractivity contribution in [1.82, 2.24) is 9.88 Å². The van der Waals surface area contributed by atoms with E-state index in [1.807, 2.05) is 31.2 Å². The zero-order chi connectivity index (χ0) is 14.1. The Hall–Kier alpha value is -2.01. The lowest BCUT2D eigenvalue weighted by Crippen LogP contribution is -2.29. The SMILES string of the molecule is CCOc1ccc2cc(C(=O)N3CC[C@@H](O)C3)[nH]c2c1. The minimum absolute atomic E-state index is 0.0595. The number of carbonyl (C=O) groups excluding carboxylic acids is 1. The first-order chi connectivity index (χ1) is 9.67. The van der Waals surface area contributed by atoms with Gasteiger partial charge in [-0.25, -0.2) is 0 Å². The van der Waals surface area contributed by atoms with E-state index in [9.17, 15) is 9.90 Å². The fraction of sp³-hybridized carbons (Fsp3) is 0.400. The van der Waals surface area contributed by atoms with Crippen LogP contribution >= 0.6 is 0 Å². The normalized spacial score (nSPS) is 18.7. The highest BCUT2D eigenvalue weighted by Crippen LogP contribution is 2.23. The molecule has 0 saturated carbocycles. The van der Waals surface area contributed by atoms with Crippen LogP contribution in [0.5, 0.6) is 5.75 Å². The summed E-state index contributed by atoms with van der Waals surface area (Å²) in [5, 5.41) is 10.5. The number of hydrogen-bond donors (Lipinski definition) is 2. The van der Waals surface area contributed by atoms with Gasteiger partial charge in [-0.15, -0.1) is 0 Å². The number of rotatable bonds is 3. The minimum atomic E-state index is -0.395. The summed E-state index contributed by atoms with van der Waals surface area (Å²) >= 11 is 0. The Balaban J connectivity index is 1.86. The Morgan fingerprint density at radius 2 is 2.35 bits per heavy atom. The molecule has 2 heterocycles. The Labute approximate surface area is 117 Å².